The summed E-state index contributed by atoms with van der Waals surface area (Å²) in [5.41, 5.74) is 0. The van der Waals surface area contributed by atoms with Gasteiger partial charge in [-0.05, 0) is 0 Å². The molecule has 0 spiro atoms. The average molecular weight is 82.0 g/mol. The van der Waals surface area contributed by atoms with E-state index >= 15 is 0 Å². The monoisotopic (exact) mass is 82.0 g/mol. The van der Waals surface area contributed by atoms with Crippen molar-refractivity contribution in [3.05, 3.63) is 13.1 Å². The Labute approximate surface area is 71.6 Å². The molecule has 0 amide bonds. The van der Waals surface area contributed by atoms with Gasteiger partial charge in [0.25, 0.3) is 0 Å². The van der Waals surface area contributed by atoms with Crippen molar-refractivity contribution in [1.29, 1.82) is 10.5 Å². The van der Waals surface area contributed by atoms with Crippen LogP contribution in [-0.2, 0) is 0 Å². The molecule has 0 aromatic rings. The minimum absolute atomic E-state index is 0. The summed E-state index contributed by atoms with van der Waals surface area (Å²) in [4.78, 5) is 0. The Hall–Kier alpha value is 0.577. The van der Waals surface area contributed by atoms with Crippen LogP contribution in [-0.4, -0.2) is 0 Å². The molecule has 6 heavy (non-hydrogen) atoms. The van der Waals surface area contributed by atoms with Crippen molar-refractivity contribution in [1.82, 2.24) is 0 Å². The molecule has 0 saturated carbocycles. The van der Waals surface area contributed by atoms with E-state index in [1.54, 1.807) is 0 Å². The van der Waals surface area contributed by atoms with E-state index < -0.39 is 0 Å². The van der Waals surface area contributed by atoms with Crippen molar-refractivity contribution in [3.63, 3.8) is 0 Å². The molecule has 0 fully saturated rings. The van der Waals surface area contributed by atoms with Crippen molar-refractivity contribution in [2.24, 2.45) is 0 Å². The van der Waals surface area contributed by atoms with E-state index in [0.29, 0.717) is 0 Å². The molecule has 0 aliphatic carbocycles. The third kappa shape index (κ3) is 176. The molecule has 0 aliphatic heterocycles. The maximum atomic E-state index is 6.25. The molecule has 0 aromatic heterocycles. The van der Waals surface area contributed by atoms with Crippen molar-refractivity contribution >= 4 is 0 Å². The summed E-state index contributed by atoms with van der Waals surface area (Å²) in [7, 11) is 0. The summed E-state index contributed by atoms with van der Waals surface area (Å²) < 4.78 is 0. The fourth-order valence-corrected chi connectivity index (χ4v) is 0. The first-order chi connectivity index (χ1) is 2.00. The molecule has 0 bridgehead atoms. The molecule has 0 radical (unpaired) electrons. The van der Waals surface area contributed by atoms with Crippen molar-refractivity contribution < 1.29 is 48.4 Å². The maximum Gasteiger partial charge on any atom is 1.00 e. The third-order valence-corrected chi connectivity index (χ3v) is 0. The van der Waals surface area contributed by atoms with Gasteiger partial charge in [0.2, 0.25) is 0 Å². The molecule has 4 heteroatoms. The Kier molecular flexibility index (Phi) is 1800. The van der Waals surface area contributed by atoms with Gasteiger partial charge in [-0.3, -0.25) is 0 Å². The van der Waals surface area contributed by atoms with E-state index in [2.05, 4.69) is 0 Å². The molecule has 0 unspecified atom stereocenters. The van der Waals surface area contributed by atoms with Gasteiger partial charge in [0, 0.05) is 0 Å². The van der Waals surface area contributed by atoms with Gasteiger partial charge in [-0.25, -0.2) is 0 Å². The van der Waals surface area contributed by atoms with Crippen LogP contribution in [0.25, 0.3) is 0 Å². The second-order valence-electron chi connectivity index (χ2n) is 0. The Morgan fingerprint density at radius 3 is 0.833 bits per heavy atom. The van der Waals surface area contributed by atoms with Crippen LogP contribution in [0.2, 0.25) is 0 Å². The molecule has 0 heterocycles. The predicted octanol–water partition coefficient (Wildman–Crippen LogP) is -5.80. The fraction of sp³-hybridized carbons (Fsp3) is 0. The van der Waals surface area contributed by atoms with Crippen LogP contribution >= 0.6 is 0 Å². The van der Waals surface area contributed by atoms with E-state index in [9.17, 15) is 0 Å². The van der Waals surface area contributed by atoms with Crippen LogP contribution in [0.1, 0.15) is 0 Å². The minimum Gasteiger partial charge on any atom is -0.512 e. The number of hydrogen-bond acceptors (Lipinski definition) is 2. The molecule has 0 aromatic carbocycles. The molecular formula is C2LiN2Na. The first kappa shape index (κ1) is 30.8. The molecule has 2 nitrogen and oxygen atoms in total. The third-order valence-electron chi connectivity index (χ3n) is 0. The molecular weight excluding hydrogens is 82.0 g/mol. The summed E-state index contributed by atoms with van der Waals surface area (Å²) in [5, 5.41) is 12.5. The van der Waals surface area contributed by atoms with Gasteiger partial charge in [0.05, 0.1) is 0 Å². The average Bonchev–Trinajstić information content (AvgIpc) is 1.50. The Morgan fingerprint density at radius 1 is 0.833 bits per heavy atom. The molecule has 0 rings (SSSR count). The van der Waals surface area contributed by atoms with Crippen molar-refractivity contribution in [2.75, 3.05) is 0 Å². The minimum atomic E-state index is 0. The number of nitrogens with zero attached hydrogens (tertiary/aromatic N) is 2. The molecule has 0 aliphatic rings. The quantitative estimate of drug-likeness (QED) is 0.216. The van der Waals surface area contributed by atoms with Crippen LogP contribution in [0.15, 0.2) is 0 Å². The molecule has 0 N–H and O–H groups in total. The first-order valence-corrected chi connectivity index (χ1v) is 0.447. The van der Waals surface area contributed by atoms with Crippen molar-refractivity contribution in [2.45, 2.75) is 0 Å². The van der Waals surface area contributed by atoms with E-state index in [-0.39, 0.29) is 48.4 Å². The van der Waals surface area contributed by atoms with E-state index in [4.69, 9.17) is 23.7 Å². The fourth-order valence-electron chi connectivity index (χ4n) is 0. The Bertz CT molecular complexity index is 27.0. The normalized spacial score (nSPS) is 0.667. The second-order valence-corrected chi connectivity index (χ2v) is 0. The zero-order chi connectivity index (χ0) is 4.00. The zero-order valence-corrected chi connectivity index (χ0v) is 5.89. The maximum absolute atomic E-state index is 6.25. The van der Waals surface area contributed by atoms with Crippen LogP contribution in [0.3, 0.4) is 0 Å². The Morgan fingerprint density at radius 2 is 0.833 bits per heavy atom. The summed E-state index contributed by atoms with van der Waals surface area (Å²) >= 11 is 0. The smallest absolute Gasteiger partial charge is 0.512 e. The van der Waals surface area contributed by atoms with Crippen molar-refractivity contribution in [3.8, 4) is 0 Å². The predicted molar refractivity (Wildman–Crippen MR) is 9.94 cm³/mol. The second kappa shape index (κ2) is 351. The van der Waals surface area contributed by atoms with Crippen LogP contribution in [0.4, 0.5) is 0 Å². The number of rotatable bonds is 0. The summed E-state index contributed by atoms with van der Waals surface area (Å²) in [6.45, 7) is 9.50. The Balaban J connectivity index is -0.00000000500. The van der Waals surface area contributed by atoms with E-state index in [0.717, 1.165) is 0 Å². The van der Waals surface area contributed by atoms with Crippen LogP contribution in [0.5, 0.6) is 0 Å². The summed E-state index contributed by atoms with van der Waals surface area (Å²) in [5.74, 6) is 0. The van der Waals surface area contributed by atoms with Crippen LogP contribution in [0, 0.1) is 23.7 Å². The van der Waals surface area contributed by atoms with E-state index in [1.165, 1.54) is 0 Å². The van der Waals surface area contributed by atoms with Gasteiger partial charge in [0.15, 0.2) is 0 Å². The number of hydrogen-bond donors (Lipinski definition) is 0. The van der Waals surface area contributed by atoms with Gasteiger partial charge in [-0.15, -0.1) is 0 Å². The molecule has 20 valence electrons. The SMILES string of the molecule is [C-]#N.[C-]#N.[Li+].[Na+]. The van der Waals surface area contributed by atoms with Gasteiger partial charge in [-0.2, -0.15) is 0 Å². The molecule has 0 saturated heterocycles. The zero-order valence-electron chi connectivity index (χ0n) is 3.89. The largest absolute Gasteiger partial charge is 1.00 e. The standard InChI is InChI=1S/2CN.Li.Na/c2*1-2;;/q2*-1;2*+1. The molecule has 0 atom stereocenters. The van der Waals surface area contributed by atoms with Gasteiger partial charge in [-0.1, -0.05) is 0 Å². The summed E-state index contributed by atoms with van der Waals surface area (Å²) in [6.07, 6.45) is 0. The van der Waals surface area contributed by atoms with Gasteiger partial charge in [0.1, 0.15) is 0 Å². The topological polar surface area (TPSA) is 47.6 Å². The first-order valence-electron chi connectivity index (χ1n) is 0.447. The van der Waals surface area contributed by atoms with Gasteiger partial charge >= 0.3 is 48.4 Å². The summed E-state index contributed by atoms with van der Waals surface area (Å²) in [6, 6.07) is 0. The van der Waals surface area contributed by atoms with Gasteiger partial charge < -0.3 is 23.7 Å². The van der Waals surface area contributed by atoms with E-state index in [1.807, 2.05) is 0 Å². The van der Waals surface area contributed by atoms with Crippen LogP contribution < -0.4 is 48.4 Å².